The molecule has 14 heteroatoms. The normalized spacial score (nSPS) is 14.0. The number of nitrogens with one attached hydrogen (secondary N) is 1. The SMILES string of the molecule is Cc1c(-c2ncc(F)c(N3CCOCC3)n2)nnn1-c1ccc(Nc2cc(N(C)C)cc(C(F)(F)F)c2)cn1. The van der Waals surface area contributed by atoms with Gasteiger partial charge in [-0.25, -0.2) is 19.3 Å². The Kier molecular flexibility index (Phi) is 7.04. The van der Waals surface area contributed by atoms with Gasteiger partial charge in [-0.2, -0.15) is 17.9 Å². The summed E-state index contributed by atoms with van der Waals surface area (Å²) >= 11 is 0. The second-order valence-corrected chi connectivity index (χ2v) is 9.09. The molecule has 0 saturated carbocycles. The van der Waals surface area contributed by atoms with Gasteiger partial charge in [-0.15, -0.1) is 5.10 Å². The van der Waals surface area contributed by atoms with Crippen LogP contribution < -0.4 is 15.1 Å². The topological polar surface area (TPSA) is 97.1 Å². The van der Waals surface area contributed by atoms with Gasteiger partial charge in [-0.05, 0) is 37.3 Å². The highest BCUT2D eigenvalue weighted by Gasteiger charge is 2.31. The van der Waals surface area contributed by atoms with Crippen LogP contribution in [0.25, 0.3) is 17.3 Å². The van der Waals surface area contributed by atoms with Crippen molar-refractivity contribution in [1.29, 1.82) is 0 Å². The predicted molar refractivity (Wildman–Crippen MR) is 137 cm³/mol. The van der Waals surface area contributed by atoms with Crippen molar-refractivity contribution in [3.05, 3.63) is 59.8 Å². The first-order chi connectivity index (χ1) is 18.6. The molecule has 1 aliphatic rings. The zero-order valence-corrected chi connectivity index (χ0v) is 21.4. The molecule has 1 aliphatic heterocycles. The third-order valence-corrected chi connectivity index (χ3v) is 6.16. The number of benzene rings is 1. The van der Waals surface area contributed by atoms with Gasteiger partial charge in [0.2, 0.25) is 0 Å². The number of ether oxygens (including phenoxy) is 1. The van der Waals surface area contributed by atoms with Gasteiger partial charge in [0.05, 0.1) is 42.6 Å². The number of aromatic nitrogens is 6. The molecule has 1 N–H and O–H groups in total. The van der Waals surface area contributed by atoms with Gasteiger partial charge in [0.15, 0.2) is 29.0 Å². The summed E-state index contributed by atoms with van der Waals surface area (Å²) in [6.45, 7) is 3.75. The second-order valence-electron chi connectivity index (χ2n) is 9.09. The molecule has 0 aliphatic carbocycles. The van der Waals surface area contributed by atoms with Gasteiger partial charge in [-0.3, -0.25) is 0 Å². The molecule has 0 bridgehead atoms. The van der Waals surface area contributed by atoms with E-state index in [-0.39, 0.29) is 17.3 Å². The minimum Gasteiger partial charge on any atom is -0.378 e. The Morgan fingerprint density at radius 2 is 1.77 bits per heavy atom. The standard InChI is InChI=1S/C25H25F4N9O/c1-15-22(23-31-14-20(26)24(33-23)37-6-8-39-9-7-37)34-35-38(15)21-5-4-17(13-30-21)32-18-10-16(25(27,28)29)11-19(12-18)36(2)3/h4-5,10-14,32H,6-9H2,1-3H3. The van der Waals surface area contributed by atoms with Crippen molar-refractivity contribution in [3.63, 3.8) is 0 Å². The molecule has 5 rings (SSSR count). The number of pyridine rings is 1. The number of alkyl halides is 3. The fraction of sp³-hybridized carbons (Fsp3) is 0.320. The first-order valence-electron chi connectivity index (χ1n) is 12.0. The van der Waals surface area contributed by atoms with Gasteiger partial charge in [0.1, 0.15) is 0 Å². The lowest BCUT2D eigenvalue weighted by molar-refractivity contribution is -0.137. The Bertz CT molecular complexity index is 1470. The van der Waals surface area contributed by atoms with Crippen molar-refractivity contribution < 1.29 is 22.3 Å². The fourth-order valence-electron chi connectivity index (χ4n) is 4.08. The van der Waals surface area contributed by atoms with Crippen LogP contribution in [-0.4, -0.2) is 70.3 Å². The predicted octanol–water partition coefficient (Wildman–Crippen LogP) is 4.23. The summed E-state index contributed by atoms with van der Waals surface area (Å²) in [5.74, 6) is 0.290. The van der Waals surface area contributed by atoms with Gasteiger partial charge in [0.25, 0.3) is 0 Å². The molecule has 0 spiro atoms. The van der Waals surface area contributed by atoms with Gasteiger partial charge >= 0.3 is 6.18 Å². The second kappa shape index (κ2) is 10.4. The molecule has 0 amide bonds. The van der Waals surface area contributed by atoms with Crippen molar-refractivity contribution in [3.8, 4) is 17.3 Å². The minimum atomic E-state index is -4.48. The number of rotatable bonds is 6. The van der Waals surface area contributed by atoms with Crippen LogP contribution in [0.1, 0.15) is 11.3 Å². The molecular weight excluding hydrogens is 518 g/mol. The van der Waals surface area contributed by atoms with E-state index in [1.807, 2.05) is 0 Å². The average Bonchev–Trinajstić information content (AvgIpc) is 3.30. The Morgan fingerprint density at radius 1 is 1.00 bits per heavy atom. The summed E-state index contributed by atoms with van der Waals surface area (Å²) in [6.07, 6.45) is -1.89. The van der Waals surface area contributed by atoms with Crippen molar-refractivity contribution in [2.45, 2.75) is 13.1 Å². The zero-order chi connectivity index (χ0) is 27.7. The number of morpholine rings is 1. The van der Waals surface area contributed by atoms with E-state index in [1.165, 1.54) is 10.9 Å². The van der Waals surface area contributed by atoms with E-state index in [4.69, 9.17) is 4.74 Å². The number of nitrogens with zero attached hydrogens (tertiary/aromatic N) is 8. The maximum Gasteiger partial charge on any atom is 0.416 e. The fourth-order valence-corrected chi connectivity index (χ4v) is 4.08. The molecule has 3 aromatic heterocycles. The monoisotopic (exact) mass is 543 g/mol. The van der Waals surface area contributed by atoms with Crippen molar-refractivity contribution in [2.75, 3.05) is 55.5 Å². The van der Waals surface area contributed by atoms with Crippen LogP contribution in [0.5, 0.6) is 0 Å². The molecule has 1 fully saturated rings. The van der Waals surface area contributed by atoms with Gasteiger partial charge in [-0.1, -0.05) is 5.21 Å². The highest BCUT2D eigenvalue weighted by atomic mass is 19.4. The molecule has 10 nitrogen and oxygen atoms in total. The molecule has 4 heterocycles. The van der Waals surface area contributed by atoms with E-state index in [0.29, 0.717) is 54.9 Å². The van der Waals surface area contributed by atoms with Gasteiger partial charge in [0, 0.05) is 38.6 Å². The van der Waals surface area contributed by atoms with E-state index >= 15 is 0 Å². The summed E-state index contributed by atoms with van der Waals surface area (Å²) in [5, 5.41) is 11.3. The smallest absolute Gasteiger partial charge is 0.378 e. The molecule has 4 aromatic rings. The number of hydrogen-bond acceptors (Lipinski definition) is 9. The van der Waals surface area contributed by atoms with E-state index in [0.717, 1.165) is 18.3 Å². The highest BCUT2D eigenvalue weighted by Crippen LogP contribution is 2.35. The number of anilines is 4. The summed E-state index contributed by atoms with van der Waals surface area (Å²) in [4.78, 5) is 16.3. The van der Waals surface area contributed by atoms with Crippen molar-refractivity contribution in [1.82, 2.24) is 29.9 Å². The summed E-state index contributed by atoms with van der Waals surface area (Å²) < 4.78 is 61.4. The van der Waals surface area contributed by atoms with Gasteiger partial charge < -0.3 is 19.9 Å². The first-order valence-corrected chi connectivity index (χ1v) is 12.0. The van der Waals surface area contributed by atoms with Crippen LogP contribution in [0.4, 0.5) is 40.4 Å². The lowest BCUT2D eigenvalue weighted by Crippen LogP contribution is -2.37. The third kappa shape index (κ3) is 5.60. The quantitative estimate of drug-likeness (QED) is 0.359. The molecule has 39 heavy (non-hydrogen) atoms. The average molecular weight is 544 g/mol. The number of halogens is 4. The molecule has 0 atom stereocenters. The largest absolute Gasteiger partial charge is 0.416 e. The lowest BCUT2D eigenvalue weighted by atomic mass is 10.1. The van der Waals surface area contributed by atoms with Crippen LogP contribution in [-0.2, 0) is 10.9 Å². The Morgan fingerprint density at radius 3 is 2.44 bits per heavy atom. The Hall–Kier alpha value is -4.33. The van der Waals surface area contributed by atoms with E-state index in [1.54, 1.807) is 49.0 Å². The maximum atomic E-state index is 14.5. The summed E-state index contributed by atoms with van der Waals surface area (Å²) in [6, 6.07) is 7.07. The highest BCUT2D eigenvalue weighted by molar-refractivity contribution is 5.67. The van der Waals surface area contributed by atoms with E-state index in [9.17, 15) is 17.6 Å². The lowest BCUT2D eigenvalue weighted by Gasteiger charge is -2.28. The minimum absolute atomic E-state index is 0.179. The molecule has 0 radical (unpaired) electrons. The Balaban J connectivity index is 1.38. The van der Waals surface area contributed by atoms with Crippen LogP contribution in [0.3, 0.4) is 0 Å². The molecule has 0 unspecified atom stereocenters. The van der Waals surface area contributed by atoms with E-state index < -0.39 is 17.6 Å². The molecule has 204 valence electrons. The molecular formula is C25H25F4N9O. The summed E-state index contributed by atoms with van der Waals surface area (Å²) in [7, 11) is 3.34. The molecule has 1 aromatic carbocycles. The molecule has 1 saturated heterocycles. The van der Waals surface area contributed by atoms with Crippen LogP contribution in [0, 0.1) is 12.7 Å². The first kappa shape index (κ1) is 26.3. The van der Waals surface area contributed by atoms with Crippen molar-refractivity contribution >= 4 is 22.9 Å². The third-order valence-electron chi connectivity index (χ3n) is 6.16. The van der Waals surface area contributed by atoms with Crippen LogP contribution in [0.15, 0.2) is 42.7 Å². The summed E-state index contributed by atoms with van der Waals surface area (Å²) in [5.41, 5.74) is 1.35. The maximum absolute atomic E-state index is 14.5. The van der Waals surface area contributed by atoms with Crippen LogP contribution in [0.2, 0.25) is 0 Å². The van der Waals surface area contributed by atoms with E-state index in [2.05, 4.69) is 30.6 Å². The zero-order valence-electron chi connectivity index (χ0n) is 21.4. The Labute approximate surface area is 221 Å². The number of hydrogen-bond donors (Lipinski definition) is 1. The van der Waals surface area contributed by atoms with Crippen molar-refractivity contribution in [2.24, 2.45) is 0 Å². The van der Waals surface area contributed by atoms with Crippen LogP contribution >= 0.6 is 0 Å².